The van der Waals surface area contributed by atoms with Gasteiger partial charge in [0.25, 0.3) is 0 Å². The fourth-order valence-corrected chi connectivity index (χ4v) is 2.58. The van der Waals surface area contributed by atoms with Crippen molar-refractivity contribution >= 4 is 0 Å². The molecule has 0 unspecified atom stereocenters. The third-order valence-electron chi connectivity index (χ3n) is 4.08. The zero-order valence-corrected chi connectivity index (χ0v) is 13.5. The van der Waals surface area contributed by atoms with E-state index >= 15 is 0 Å². The Bertz CT molecular complexity index is 384. The highest BCUT2D eigenvalue weighted by Crippen LogP contribution is 2.09. The second-order valence-corrected chi connectivity index (χ2v) is 5.62. The second-order valence-electron chi connectivity index (χ2n) is 5.62. The molecule has 0 spiro atoms. The predicted octanol–water partition coefficient (Wildman–Crippen LogP) is 1.91. The van der Waals surface area contributed by atoms with Gasteiger partial charge in [-0.25, -0.2) is 0 Å². The van der Waals surface area contributed by atoms with E-state index in [2.05, 4.69) is 53.2 Å². The number of benzene rings is 1. The van der Waals surface area contributed by atoms with Crippen molar-refractivity contribution in [3.63, 3.8) is 0 Å². The van der Waals surface area contributed by atoms with Gasteiger partial charge in [-0.05, 0) is 24.2 Å². The summed E-state index contributed by atoms with van der Waals surface area (Å²) in [6.07, 6.45) is 0. The normalized spacial score (nSPS) is 16.5. The van der Waals surface area contributed by atoms with Crippen molar-refractivity contribution in [1.29, 1.82) is 0 Å². The molecule has 1 aliphatic rings. The maximum atomic E-state index is 5.81. The molecule has 0 amide bonds. The SMILES string of the molecule is CCN(CC)Cc1ccc(COCN2CCNCC2)cc1. The summed E-state index contributed by atoms with van der Waals surface area (Å²) in [5.41, 5.74) is 2.64. The highest BCUT2D eigenvalue weighted by atomic mass is 16.5. The molecule has 1 heterocycles. The summed E-state index contributed by atoms with van der Waals surface area (Å²) in [5, 5.41) is 3.35. The third kappa shape index (κ3) is 5.75. The lowest BCUT2D eigenvalue weighted by Crippen LogP contribution is -2.44. The number of nitrogens with one attached hydrogen (secondary N) is 1. The van der Waals surface area contributed by atoms with Crippen LogP contribution in [0, 0.1) is 0 Å². The fraction of sp³-hybridized carbons (Fsp3) is 0.647. The zero-order valence-electron chi connectivity index (χ0n) is 13.5. The van der Waals surface area contributed by atoms with Crippen molar-refractivity contribution in [2.24, 2.45) is 0 Å². The van der Waals surface area contributed by atoms with Crippen LogP contribution < -0.4 is 5.32 Å². The Hall–Kier alpha value is -0.940. The molecule has 0 atom stereocenters. The number of ether oxygens (including phenoxy) is 1. The van der Waals surface area contributed by atoms with Crippen molar-refractivity contribution in [1.82, 2.24) is 15.1 Å². The van der Waals surface area contributed by atoms with Crippen LogP contribution in [0.4, 0.5) is 0 Å². The van der Waals surface area contributed by atoms with Gasteiger partial charge in [-0.3, -0.25) is 9.80 Å². The topological polar surface area (TPSA) is 27.7 Å². The second kappa shape index (κ2) is 9.15. The summed E-state index contributed by atoms with van der Waals surface area (Å²) >= 11 is 0. The van der Waals surface area contributed by atoms with Crippen LogP contribution in [-0.4, -0.2) is 55.8 Å². The van der Waals surface area contributed by atoms with Gasteiger partial charge in [-0.2, -0.15) is 0 Å². The van der Waals surface area contributed by atoms with Crippen LogP contribution in [-0.2, 0) is 17.9 Å². The number of hydrogen-bond donors (Lipinski definition) is 1. The first-order valence-electron chi connectivity index (χ1n) is 8.12. The van der Waals surface area contributed by atoms with Crippen molar-refractivity contribution in [2.45, 2.75) is 27.0 Å². The van der Waals surface area contributed by atoms with E-state index in [9.17, 15) is 0 Å². The summed E-state index contributed by atoms with van der Waals surface area (Å²) in [4.78, 5) is 4.78. The number of nitrogens with zero attached hydrogens (tertiary/aromatic N) is 2. The molecule has 1 aromatic rings. The van der Waals surface area contributed by atoms with E-state index < -0.39 is 0 Å². The molecule has 1 N–H and O–H groups in total. The van der Waals surface area contributed by atoms with Crippen LogP contribution in [0.2, 0.25) is 0 Å². The molecule has 21 heavy (non-hydrogen) atoms. The Morgan fingerprint density at radius 2 is 1.67 bits per heavy atom. The van der Waals surface area contributed by atoms with E-state index in [-0.39, 0.29) is 0 Å². The summed E-state index contributed by atoms with van der Waals surface area (Å²) < 4.78 is 5.81. The Morgan fingerprint density at radius 3 is 2.29 bits per heavy atom. The first-order valence-corrected chi connectivity index (χ1v) is 8.12. The lowest BCUT2D eigenvalue weighted by atomic mass is 10.1. The first-order chi connectivity index (χ1) is 10.3. The van der Waals surface area contributed by atoms with Gasteiger partial charge in [-0.15, -0.1) is 0 Å². The molecular weight excluding hydrogens is 262 g/mol. The quantitative estimate of drug-likeness (QED) is 0.792. The van der Waals surface area contributed by atoms with Gasteiger partial charge < -0.3 is 10.1 Å². The molecule has 0 radical (unpaired) electrons. The Morgan fingerprint density at radius 1 is 1.05 bits per heavy atom. The first kappa shape index (κ1) is 16.4. The number of rotatable bonds is 8. The molecule has 4 nitrogen and oxygen atoms in total. The largest absolute Gasteiger partial charge is 0.361 e. The molecular formula is C17H29N3O. The van der Waals surface area contributed by atoms with Crippen molar-refractivity contribution in [2.75, 3.05) is 46.0 Å². The summed E-state index contributed by atoms with van der Waals surface area (Å²) in [6.45, 7) is 13.4. The Labute approximate surface area is 129 Å². The number of hydrogen-bond acceptors (Lipinski definition) is 4. The van der Waals surface area contributed by atoms with Gasteiger partial charge in [0.1, 0.15) is 0 Å². The van der Waals surface area contributed by atoms with E-state index in [0.29, 0.717) is 6.61 Å². The highest BCUT2D eigenvalue weighted by molar-refractivity contribution is 5.22. The standard InChI is InChI=1S/C17H29N3O/c1-3-19(4-2)13-16-5-7-17(8-6-16)14-21-15-20-11-9-18-10-12-20/h5-8,18H,3-4,9-15H2,1-2H3. The average Bonchev–Trinajstić information content (AvgIpc) is 2.55. The van der Waals surface area contributed by atoms with Gasteiger partial charge in [0.05, 0.1) is 13.3 Å². The smallest absolute Gasteiger partial charge is 0.0995 e. The summed E-state index contributed by atoms with van der Waals surface area (Å²) in [5.74, 6) is 0. The van der Waals surface area contributed by atoms with Crippen molar-refractivity contribution in [3.8, 4) is 0 Å². The molecule has 0 bridgehead atoms. The molecule has 1 aromatic carbocycles. The number of piperazine rings is 1. The average molecular weight is 291 g/mol. The van der Waals surface area contributed by atoms with Gasteiger partial charge in [0, 0.05) is 32.7 Å². The van der Waals surface area contributed by atoms with E-state index in [4.69, 9.17) is 4.74 Å². The van der Waals surface area contributed by atoms with Crippen LogP contribution in [0.5, 0.6) is 0 Å². The van der Waals surface area contributed by atoms with Crippen LogP contribution in [0.3, 0.4) is 0 Å². The minimum Gasteiger partial charge on any atom is -0.361 e. The van der Waals surface area contributed by atoms with E-state index in [0.717, 1.165) is 52.5 Å². The molecule has 0 aliphatic carbocycles. The lowest BCUT2D eigenvalue weighted by molar-refractivity contribution is 0.0131. The molecule has 2 rings (SSSR count). The van der Waals surface area contributed by atoms with E-state index in [1.165, 1.54) is 11.1 Å². The molecule has 118 valence electrons. The van der Waals surface area contributed by atoms with E-state index in [1.807, 2.05) is 0 Å². The maximum absolute atomic E-state index is 5.81. The van der Waals surface area contributed by atoms with Crippen LogP contribution >= 0.6 is 0 Å². The van der Waals surface area contributed by atoms with Gasteiger partial charge >= 0.3 is 0 Å². The molecule has 1 saturated heterocycles. The van der Waals surface area contributed by atoms with Gasteiger partial charge in [0.15, 0.2) is 0 Å². The minimum absolute atomic E-state index is 0.704. The van der Waals surface area contributed by atoms with Gasteiger partial charge in [-0.1, -0.05) is 38.1 Å². The van der Waals surface area contributed by atoms with Crippen molar-refractivity contribution < 1.29 is 4.74 Å². The lowest BCUT2D eigenvalue weighted by Gasteiger charge is -2.26. The van der Waals surface area contributed by atoms with Gasteiger partial charge in [0.2, 0.25) is 0 Å². The summed E-state index contributed by atoms with van der Waals surface area (Å²) in [7, 11) is 0. The fourth-order valence-electron chi connectivity index (χ4n) is 2.58. The van der Waals surface area contributed by atoms with Crippen LogP contribution in [0.15, 0.2) is 24.3 Å². The Kier molecular flexibility index (Phi) is 7.16. The highest BCUT2D eigenvalue weighted by Gasteiger charge is 2.08. The molecule has 1 aliphatic heterocycles. The Balaban J connectivity index is 1.71. The molecule has 4 heteroatoms. The minimum atomic E-state index is 0.704. The zero-order chi connectivity index (χ0) is 14.9. The predicted molar refractivity (Wildman–Crippen MR) is 87.2 cm³/mol. The maximum Gasteiger partial charge on any atom is 0.0995 e. The third-order valence-corrected chi connectivity index (χ3v) is 4.08. The molecule has 1 fully saturated rings. The van der Waals surface area contributed by atoms with Crippen LogP contribution in [0.1, 0.15) is 25.0 Å². The molecule has 0 saturated carbocycles. The van der Waals surface area contributed by atoms with Crippen LogP contribution in [0.25, 0.3) is 0 Å². The van der Waals surface area contributed by atoms with Crippen molar-refractivity contribution in [3.05, 3.63) is 35.4 Å². The molecule has 0 aromatic heterocycles. The summed E-state index contributed by atoms with van der Waals surface area (Å²) in [6, 6.07) is 8.83. The monoisotopic (exact) mass is 291 g/mol. The van der Waals surface area contributed by atoms with E-state index in [1.54, 1.807) is 0 Å².